The van der Waals surface area contributed by atoms with E-state index >= 15 is 0 Å². The Labute approximate surface area is 128 Å². The molecular weight excluding hydrogens is 280 g/mol. The van der Waals surface area contributed by atoms with Crippen LogP contribution in [-0.4, -0.2) is 12.5 Å². The number of rotatable bonds is 3. The van der Waals surface area contributed by atoms with Gasteiger partial charge in [0.25, 0.3) is 5.91 Å². The van der Waals surface area contributed by atoms with Crippen LogP contribution >= 0.6 is 11.3 Å². The zero-order chi connectivity index (χ0) is 14.8. The van der Waals surface area contributed by atoms with Crippen molar-refractivity contribution in [2.24, 2.45) is 5.92 Å². The predicted molar refractivity (Wildman–Crippen MR) is 89.8 cm³/mol. The first-order valence-electron chi connectivity index (χ1n) is 7.37. The van der Waals surface area contributed by atoms with Gasteiger partial charge in [-0.1, -0.05) is 24.3 Å². The van der Waals surface area contributed by atoms with Gasteiger partial charge in [0, 0.05) is 16.6 Å². The fraction of sp³-hybridized carbons (Fsp3) is 0.353. The van der Waals surface area contributed by atoms with Gasteiger partial charge in [0.05, 0.1) is 5.69 Å². The standard InChI is InChI=1S/C17H20N2OS/c1-11-7-8-13-14(9-11)21-16(15(13)18)17(20)19-10-12-5-3-2-4-6-12/h2-3,7-9,12H,4-6,10,18H2,1H3,(H,19,20). The van der Waals surface area contributed by atoms with E-state index < -0.39 is 0 Å². The molecule has 1 aromatic carbocycles. The Morgan fingerprint density at radius 1 is 1.43 bits per heavy atom. The van der Waals surface area contributed by atoms with Crippen molar-refractivity contribution < 1.29 is 4.79 Å². The molecule has 0 fully saturated rings. The molecule has 21 heavy (non-hydrogen) atoms. The Morgan fingerprint density at radius 3 is 3.05 bits per heavy atom. The van der Waals surface area contributed by atoms with Crippen LogP contribution in [0.1, 0.15) is 34.5 Å². The van der Waals surface area contributed by atoms with E-state index in [1.807, 2.05) is 19.1 Å². The van der Waals surface area contributed by atoms with Gasteiger partial charge in [0.2, 0.25) is 0 Å². The lowest BCUT2D eigenvalue weighted by molar-refractivity contribution is 0.0951. The SMILES string of the molecule is Cc1ccc2c(N)c(C(=O)NCC3CC=CCC3)sc2c1. The molecule has 1 atom stereocenters. The van der Waals surface area contributed by atoms with Crippen molar-refractivity contribution in [3.63, 3.8) is 0 Å². The summed E-state index contributed by atoms with van der Waals surface area (Å²) in [6, 6.07) is 6.11. The van der Waals surface area contributed by atoms with Crippen LogP contribution in [-0.2, 0) is 0 Å². The third-order valence-corrected chi connectivity index (χ3v) is 5.19. The summed E-state index contributed by atoms with van der Waals surface area (Å²) >= 11 is 1.48. The number of anilines is 1. The minimum Gasteiger partial charge on any atom is -0.397 e. The van der Waals surface area contributed by atoms with Crippen LogP contribution in [0.3, 0.4) is 0 Å². The van der Waals surface area contributed by atoms with Crippen LogP contribution in [0.25, 0.3) is 10.1 Å². The summed E-state index contributed by atoms with van der Waals surface area (Å²) in [6.45, 7) is 2.78. The lowest BCUT2D eigenvalue weighted by Gasteiger charge is -2.17. The number of carbonyl (C=O) groups is 1. The summed E-state index contributed by atoms with van der Waals surface area (Å²) in [4.78, 5) is 13.0. The third-order valence-electron chi connectivity index (χ3n) is 4.02. The number of hydrogen-bond acceptors (Lipinski definition) is 3. The Hall–Kier alpha value is -1.81. The number of thiophene rings is 1. The molecule has 110 valence electrons. The highest BCUT2D eigenvalue weighted by Gasteiger charge is 2.18. The fourth-order valence-electron chi connectivity index (χ4n) is 2.75. The molecule has 0 aliphatic heterocycles. The number of hydrogen-bond donors (Lipinski definition) is 2. The number of amides is 1. The van der Waals surface area contributed by atoms with Crippen LogP contribution in [0.4, 0.5) is 5.69 Å². The molecule has 1 heterocycles. The van der Waals surface area contributed by atoms with Gasteiger partial charge in [0.15, 0.2) is 0 Å². The number of aryl methyl sites for hydroxylation is 1. The molecule has 1 aromatic heterocycles. The maximum absolute atomic E-state index is 12.4. The zero-order valence-electron chi connectivity index (χ0n) is 12.2. The maximum atomic E-state index is 12.4. The van der Waals surface area contributed by atoms with E-state index in [1.54, 1.807) is 0 Å². The Kier molecular flexibility index (Phi) is 3.97. The van der Waals surface area contributed by atoms with Crippen molar-refractivity contribution in [3.05, 3.63) is 40.8 Å². The highest BCUT2D eigenvalue weighted by atomic mass is 32.1. The fourth-order valence-corrected chi connectivity index (χ4v) is 3.89. The van der Waals surface area contributed by atoms with Crippen LogP contribution in [0.5, 0.6) is 0 Å². The van der Waals surface area contributed by atoms with E-state index in [9.17, 15) is 4.79 Å². The lowest BCUT2D eigenvalue weighted by Crippen LogP contribution is -2.29. The first-order valence-corrected chi connectivity index (χ1v) is 8.18. The minimum absolute atomic E-state index is 0.0408. The van der Waals surface area contributed by atoms with Gasteiger partial charge in [-0.05, 0) is 43.7 Å². The van der Waals surface area contributed by atoms with Crippen LogP contribution in [0.15, 0.2) is 30.4 Å². The average Bonchev–Trinajstić information content (AvgIpc) is 2.82. The van der Waals surface area contributed by atoms with Gasteiger partial charge in [-0.25, -0.2) is 0 Å². The molecule has 3 nitrogen and oxygen atoms in total. The van der Waals surface area contributed by atoms with E-state index in [0.29, 0.717) is 16.5 Å². The number of nitrogens with one attached hydrogen (secondary N) is 1. The molecular formula is C17H20N2OS. The first-order chi connectivity index (χ1) is 10.1. The van der Waals surface area contributed by atoms with Crippen molar-refractivity contribution in [1.82, 2.24) is 5.32 Å². The molecule has 3 N–H and O–H groups in total. The molecule has 1 aliphatic carbocycles. The number of benzene rings is 1. The van der Waals surface area contributed by atoms with Crippen LogP contribution < -0.4 is 11.1 Å². The third kappa shape index (κ3) is 2.95. The van der Waals surface area contributed by atoms with Gasteiger partial charge >= 0.3 is 0 Å². The monoisotopic (exact) mass is 300 g/mol. The van der Waals surface area contributed by atoms with Gasteiger partial charge in [-0.3, -0.25) is 4.79 Å². The summed E-state index contributed by atoms with van der Waals surface area (Å²) in [5.41, 5.74) is 7.93. The normalized spacial score (nSPS) is 18.0. The predicted octanol–water partition coefficient (Wildman–Crippen LogP) is 3.88. The molecule has 1 amide bonds. The number of nitrogen functional groups attached to an aromatic ring is 1. The van der Waals surface area contributed by atoms with Crippen molar-refractivity contribution in [1.29, 1.82) is 0 Å². The van der Waals surface area contributed by atoms with E-state index in [0.717, 1.165) is 35.9 Å². The second-order valence-electron chi connectivity index (χ2n) is 5.70. The van der Waals surface area contributed by atoms with E-state index in [4.69, 9.17) is 5.73 Å². The van der Waals surface area contributed by atoms with Crippen LogP contribution in [0.2, 0.25) is 0 Å². The molecule has 3 rings (SSSR count). The van der Waals surface area contributed by atoms with E-state index in [1.165, 1.54) is 16.9 Å². The molecule has 0 radical (unpaired) electrons. The quantitative estimate of drug-likeness (QED) is 0.845. The molecule has 0 bridgehead atoms. The Bertz CT molecular complexity index is 702. The van der Waals surface area contributed by atoms with E-state index in [2.05, 4.69) is 23.5 Å². The minimum atomic E-state index is -0.0408. The smallest absolute Gasteiger partial charge is 0.263 e. The molecule has 1 aliphatic rings. The zero-order valence-corrected chi connectivity index (χ0v) is 13.0. The largest absolute Gasteiger partial charge is 0.397 e. The highest BCUT2D eigenvalue weighted by Crippen LogP contribution is 2.34. The Balaban J connectivity index is 1.75. The van der Waals surface area contributed by atoms with Crippen molar-refractivity contribution in [3.8, 4) is 0 Å². The molecule has 0 saturated heterocycles. The van der Waals surface area contributed by atoms with Crippen molar-refractivity contribution in [2.75, 3.05) is 12.3 Å². The van der Waals surface area contributed by atoms with Crippen molar-refractivity contribution >= 4 is 33.0 Å². The summed E-state index contributed by atoms with van der Waals surface area (Å²) in [7, 11) is 0. The molecule has 2 aromatic rings. The second-order valence-corrected chi connectivity index (χ2v) is 6.76. The maximum Gasteiger partial charge on any atom is 0.263 e. The molecule has 1 unspecified atom stereocenters. The first kappa shape index (κ1) is 14.1. The molecule has 0 saturated carbocycles. The number of fused-ring (bicyclic) bond motifs is 1. The molecule has 0 spiro atoms. The van der Waals surface area contributed by atoms with Crippen LogP contribution in [0, 0.1) is 12.8 Å². The number of carbonyl (C=O) groups excluding carboxylic acids is 1. The summed E-state index contributed by atoms with van der Waals surface area (Å²) in [6.07, 6.45) is 7.74. The topological polar surface area (TPSA) is 55.1 Å². The van der Waals surface area contributed by atoms with Gasteiger partial charge in [0.1, 0.15) is 4.88 Å². The van der Waals surface area contributed by atoms with E-state index in [-0.39, 0.29) is 5.91 Å². The van der Waals surface area contributed by atoms with Gasteiger partial charge in [-0.15, -0.1) is 11.3 Å². The summed E-state index contributed by atoms with van der Waals surface area (Å²) in [5.74, 6) is 0.512. The molecule has 4 heteroatoms. The lowest BCUT2D eigenvalue weighted by atomic mass is 9.94. The van der Waals surface area contributed by atoms with Gasteiger partial charge < -0.3 is 11.1 Å². The summed E-state index contributed by atoms with van der Waals surface area (Å²) < 4.78 is 1.08. The average molecular weight is 300 g/mol. The highest BCUT2D eigenvalue weighted by molar-refractivity contribution is 7.21. The Morgan fingerprint density at radius 2 is 2.29 bits per heavy atom. The number of allylic oxidation sites excluding steroid dienone is 2. The van der Waals surface area contributed by atoms with Gasteiger partial charge in [-0.2, -0.15) is 0 Å². The second kappa shape index (κ2) is 5.90. The van der Waals surface area contributed by atoms with Crippen molar-refractivity contribution in [2.45, 2.75) is 26.2 Å². The number of nitrogens with two attached hydrogens (primary N) is 1. The summed E-state index contributed by atoms with van der Waals surface area (Å²) in [5, 5.41) is 4.03.